The topological polar surface area (TPSA) is 52.6 Å². The Labute approximate surface area is 103 Å². The molecule has 17 heavy (non-hydrogen) atoms. The summed E-state index contributed by atoms with van der Waals surface area (Å²) in [6.07, 6.45) is 0. The van der Waals surface area contributed by atoms with Crippen molar-refractivity contribution >= 4 is 16.8 Å². The van der Waals surface area contributed by atoms with Crippen molar-refractivity contribution < 1.29 is 18.5 Å². The lowest BCUT2D eigenvalue weighted by atomic mass is 10.2. The molecular weight excluding hydrogens is 240 g/mol. The van der Waals surface area contributed by atoms with Gasteiger partial charge >= 0.3 is 5.97 Å². The number of benzene rings is 1. The van der Waals surface area contributed by atoms with Gasteiger partial charge in [-0.15, -0.1) is 0 Å². The molecule has 0 saturated carbocycles. The van der Waals surface area contributed by atoms with Crippen LogP contribution in [0.25, 0.3) is 0 Å². The third-order valence-corrected chi connectivity index (χ3v) is 3.89. The van der Waals surface area contributed by atoms with E-state index in [4.69, 9.17) is 4.74 Å². The molecule has 0 aliphatic rings. The Bertz CT molecular complexity index is 417. The molecule has 2 unspecified atom stereocenters. The first kappa shape index (κ1) is 13.7. The molecule has 0 aliphatic heterocycles. The molecule has 1 aromatic rings. The summed E-state index contributed by atoms with van der Waals surface area (Å²) in [6.45, 7) is 1.70. The molecule has 0 heterocycles. The zero-order chi connectivity index (χ0) is 12.8. The van der Waals surface area contributed by atoms with Gasteiger partial charge in [-0.1, -0.05) is 13.0 Å². The average molecular weight is 256 g/mol. The SMILES string of the molecule is COC(=O)C(C)CS(=O)c1cccc(OC)c1. The zero-order valence-electron chi connectivity index (χ0n) is 10.1. The smallest absolute Gasteiger partial charge is 0.309 e. The van der Waals surface area contributed by atoms with Gasteiger partial charge in [0.15, 0.2) is 0 Å². The molecule has 0 N–H and O–H groups in total. The molecule has 94 valence electrons. The van der Waals surface area contributed by atoms with Gasteiger partial charge in [-0.2, -0.15) is 0 Å². The molecule has 1 aromatic carbocycles. The molecule has 1 rings (SSSR count). The highest BCUT2D eigenvalue weighted by Gasteiger charge is 2.17. The predicted octanol–water partition coefficient (Wildman–Crippen LogP) is 1.61. The molecule has 0 fully saturated rings. The quantitative estimate of drug-likeness (QED) is 0.751. The van der Waals surface area contributed by atoms with Crippen molar-refractivity contribution in [3.05, 3.63) is 24.3 Å². The van der Waals surface area contributed by atoms with Crippen LogP contribution in [0.1, 0.15) is 6.92 Å². The lowest BCUT2D eigenvalue weighted by molar-refractivity contribution is -0.144. The fraction of sp³-hybridized carbons (Fsp3) is 0.417. The Kier molecular flexibility index (Phi) is 5.15. The summed E-state index contributed by atoms with van der Waals surface area (Å²) in [7, 11) is 1.65. The summed E-state index contributed by atoms with van der Waals surface area (Å²) in [4.78, 5) is 11.9. The molecule has 2 atom stereocenters. The van der Waals surface area contributed by atoms with Gasteiger partial charge in [0.2, 0.25) is 0 Å². The first-order chi connectivity index (χ1) is 8.08. The van der Waals surface area contributed by atoms with E-state index < -0.39 is 10.8 Å². The van der Waals surface area contributed by atoms with Gasteiger partial charge in [0.1, 0.15) is 5.75 Å². The van der Waals surface area contributed by atoms with Crippen LogP contribution < -0.4 is 4.74 Å². The van der Waals surface area contributed by atoms with Crippen LogP contribution in [0.2, 0.25) is 0 Å². The molecule has 0 radical (unpaired) electrons. The summed E-state index contributed by atoms with van der Waals surface area (Å²) < 4.78 is 21.6. The van der Waals surface area contributed by atoms with E-state index in [2.05, 4.69) is 4.74 Å². The second-order valence-electron chi connectivity index (χ2n) is 3.62. The number of rotatable bonds is 5. The van der Waals surface area contributed by atoms with Crippen LogP contribution >= 0.6 is 0 Å². The lowest BCUT2D eigenvalue weighted by Crippen LogP contribution is -2.19. The van der Waals surface area contributed by atoms with E-state index in [1.165, 1.54) is 7.11 Å². The summed E-state index contributed by atoms with van der Waals surface area (Å²) in [6, 6.07) is 7.02. The van der Waals surface area contributed by atoms with Crippen LogP contribution in [0, 0.1) is 5.92 Å². The number of carbonyl (C=O) groups excluding carboxylic acids is 1. The summed E-state index contributed by atoms with van der Waals surface area (Å²) in [5.74, 6) is 0.176. The third kappa shape index (κ3) is 3.85. The van der Waals surface area contributed by atoms with Crippen molar-refractivity contribution in [3.8, 4) is 5.75 Å². The molecule has 0 aromatic heterocycles. The van der Waals surface area contributed by atoms with E-state index in [-0.39, 0.29) is 17.6 Å². The second-order valence-corrected chi connectivity index (χ2v) is 5.11. The van der Waals surface area contributed by atoms with E-state index in [1.807, 2.05) is 0 Å². The third-order valence-electron chi connectivity index (χ3n) is 2.31. The van der Waals surface area contributed by atoms with E-state index >= 15 is 0 Å². The van der Waals surface area contributed by atoms with Gasteiger partial charge in [0.05, 0.1) is 30.9 Å². The Morgan fingerprint density at radius 3 is 2.71 bits per heavy atom. The van der Waals surface area contributed by atoms with Crippen LogP contribution in [0.15, 0.2) is 29.2 Å². The largest absolute Gasteiger partial charge is 0.497 e. The normalized spacial score (nSPS) is 13.8. The van der Waals surface area contributed by atoms with Crippen LogP contribution in [0.4, 0.5) is 0 Å². The minimum atomic E-state index is -1.23. The molecule has 4 nitrogen and oxygen atoms in total. The minimum Gasteiger partial charge on any atom is -0.497 e. The van der Waals surface area contributed by atoms with Gasteiger partial charge < -0.3 is 9.47 Å². The summed E-state index contributed by atoms with van der Waals surface area (Å²) in [5, 5.41) is 0. The Hall–Kier alpha value is -1.36. The fourth-order valence-electron chi connectivity index (χ4n) is 1.34. The Balaban J connectivity index is 2.72. The van der Waals surface area contributed by atoms with Crippen LogP contribution in [0.3, 0.4) is 0 Å². The highest BCUT2D eigenvalue weighted by atomic mass is 32.2. The molecule has 0 saturated heterocycles. The number of methoxy groups -OCH3 is 2. The van der Waals surface area contributed by atoms with Gasteiger partial charge in [0, 0.05) is 10.6 Å². The predicted molar refractivity (Wildman–Crippen MR) is 65.4 cm³/mol. The monoisotopic (exact) mass is 256 g/mol. The van der Waals surface area contributed by atoms with Crippen molar-refractivity contribution in [1.82, 2.24) is 0 Å². The molecule has 0 bridgehead atoms. The summed E-state index contributed by atoms with van der Waals surface area (Å²) >= 11 is 0. The maximum atomic E-state index is 12.0. The maximum Gasteiger partial charge on any atom is 0.309 e. The van der Waals surface area contributed by atoms with Crippen molar-refractivity contribution in [2.24, 2.45) is 5.92 Å². The van der Waals surface area contributed by atoms with Gasteiger partial charge in [-0.25, -0.2) is 0 Å². The second kappa shape index (κ2) is 6.39. The van der Waals surface area contributed by atoms with Gasteiger partial charge in [0.25, 0.3) is 0 Å². The van der Waals surface area contributed by atoms with Crippen molar-refractivity contribution in [3.63, 3.8) is 0 Å². The Morgan fingerprint density at radius 2 is 2.12 bits per heavy atom. The van der Waals surface area contributed by atoms with E-state index in [1.54, 1.807) is 38.3 Å². The highest BCUT2D eigenvalue weighted by molar-refractivity contribution is 7.85. The number of carbonyl (C=O) groups is 1. The van der Waals surface area contributed by atoms with Crippen LogP contribution in [-0.4, -0.2) is 30.2 Å². The zero-order valence-corrected chi connectivity index (χ0v) is 11.0. The molecule has 0 spiro atoms. The van der Waals surface area contributed by atoms with Crippen molar-refractivity contribution in [1.29, 1.82) is 0 Å². The van der Waals surface area contributed by atoms with Crippen molar-refractivity contribution in [2.45, 2.75) is 11.8 Å². The number of hydrogen-bond donors (Lipinski definition) is 0. The van der Waals surface area contributed by atoms with E-state index in [0.717, 1.165) is 0 Å². The summed E-state index contributed by atoms with van der Waals surface area (Å²) in [5.41, 5.74) is 0. The Morgan fingerprint density at radius 1 is 1.41 bits per heavy atom. The first-order valence-electron chi connectivity index (χ1n) is 5.18. The first-order valence-corrected chi connectivity index (χ1v) is 6.50. The molecule has 5 heteroatoms. The van der Waals surface area contributed by atoms with E-state index in [9.17, 15) is 9.00 Å². The lowest BCUT2D eigenvalue weighted by Gasteiger charge is -2.09. The maximum absolute atomic E-state index is 12.0. The number of ether oxygens (including phenoxy) is 2. The fourth-order valence-corrected chi connectivity index (χ4v) is 2.60. The average Bonchev–Trinajstić information content (AvgIpc) is 2.37. The van der Waals surface area contributed by atoms with Crippen LogP contribution in [-0.2, 0) is 20.3 Å². The standard InChI is InChI=1S/C12H16O4S/c1-9(12(13)16-3)8-17(14)11-6-4-5-10(7-11)15-2/h4-7,9H,8H2,1-3H3. The van der Waals surface area contributed by atoms with Crippen molar-refractivity contribution in [2.75, 3.05) is 20.0 Å². The minimum absolute atomic E-state index is 0.250. The molecule has 0 aliphatic carbocycles. The van der Waals surface area contributed by atoms with E-state index in [0.29, 0.717) is 10.6 Å². The van der Waals surface area contributed by atoms with Gasteiger partial charge in [-0.05, 0) is 18.2 Å². The van der Waals surface area contributed by atoms with Crippen LogP contribution in [0.5, 0.6) is 5.75 Å². The molecule has 0 amide bonds. The highest BCUT2D eigenvalue weighted by Crippen LogP contribution is 2.17. The van der Waals surface area contributed by atoms with Gasteiger partial charge in [-0.3, -0.25) is 9.00 Å². The molecular formula is C12H16O4S. The number of esters is 1. The number of hydrogen-bond acceptors (Lipinski definition) is 4.